The minimum absolute atomic E-state index is 0.0886. The first-order chi connectivity index (χ1) is 8.24. The molecule has 94 valence electrons. The lowest BCUT2D eigenvalue weighted by Crippen LogP contribution is -2.26. The van der Waals surface area contributed by atoms with Crippen LogP contribution in [-0.2, 0) is 9.53 Å². The molecule has 0 bridgehead atoms. The van der Waals surface area contributed by atoms with Gasteiger partial charge in [-0.1, -0.05) is 12.1 Å². The largest absolute Gasteiger partial charge is 0.385 e. The molecule has 0 fully saturated rings. The van der Waals surface area contributed by atoms with Crippen LogP contribution in [0, 0.1) is 5.82 Å². The minimum Gasteiger partial charge on any atom is -0.385 e. The van der Waals surface area contributed by atoms with Crippen LogP contribution in [0.1, 0.15) is 6.42 Å². The summed E-state index contributed by atoms with van der Waals surface area (Å²) in [5.41, 5.74) is 0. The van der Waals surface area contributed by atoms with Gasteiger partial charge in [0.1, 0.15) is 5.82 Å². The predicted octanol–water partition coefficient (Wildman–Crippen LogP) is 2.07. The molecule has 1 rings (SSSR count). The molecule has 1 amide bonds. The normalized spacial score (nSPS) is 10.2. The van der Waals surface area contributed by atoms with E-state index in [2.05, 4.69) is 5.32 Å². The third kappa shape index (κ3) is 5.70. The number of carbonyl (C=O) groups excluding carboxylic acids is 1. The highest BCUT2D eigenvalue weighted by Crippen LogP contribution is 2.20. The fraction of sp³-hybridized carbons (Fsp3) is 0.417. The number of rotatable bonds is 7. The standard InChI is InChI=1S/C12H16FNO2S/c1-16-8-4-7-14-12(15)9-17-11-6-3-2-5-10(11)13/h2-3,5-6H,4,7-9H2,1H3,(H,14,15). The van der Waals surface area contributed by atoms with E-state index in [0.717, 1.165) is 6.42 Å². The summed E-state index contributed by atoms with van der Waals surface area (Å²) in [6, 6.07) is 6.43. The Morgan fingerprint density at radius 1 is 1.47 bits per heavy atom. The van der Waals surface area contributed by atoms with E-state index in [0.29, 0.717) is 18.0 Å². The van der Waals surface area contributed by atoms with Crippen molar-refractivity contribution in [1.82, 2.24) is 5.32 Å². The Morgan fingerprint density at radius 2 is 2.24 bits per heavy atom. The van der Waals surface area contributed by atoms with Crippen molar-refractivity contribution in [3.8, 4) is 0 Å². The van der Waals surface area contributed by atoms with Gasteiger partial charge in [0.05, 0.1) is 5.75 Å². The molecule has 5 heteroatoms. The molecule has 0 aliphatic heterocycles. The summed E-state index contributed by atoms with van der Waals surface area (Å²) in [4.78, 5) is 11.9. The molecule has 1 N–H and O–H groups in total. The molecule has 1 aromatic carbocycles. The molecule has 0 aliphatic carbocycles. The van der Waals surface area contributed by atoms with E-state index in [9.17, 15) is 9.18 Å². The Hall–Kier alpha value is -1.07. The van der Waals surface area contributed by atoms with Gasteiger partial charge in [0.15, 0.2) is 0 Å². The summed E-state index contributed by atoms with van der Waals surface area (Å²) in [5, 5.41) is 2.74. The second-order valence-corrected chi connectivity index (χ2v) is 4.43. The fourth-order valence-electron chi connectivity index (χ4n) is 1.20. The first kappa shape index (κ1) is 14.0. The van der Waals surface area contributed by atoms with Gasteiger partial charge in [-0.05, 0) is 18.6 Å². The topological polar surface area (TPSA) is 38.3 Å². The van der Waals surface area contributed by atoms with E-state index in [1.807, 2.05) is 0 Å². The molecule has 17 heavy (non-hydrogen) atoms. The van der Waals surface area contributed by atoms with Crippen molar-refractivity contribution in [2.45, 2.75) is 11.3 Å². The summed E-state index contributed by atoms with van der Waals surface area (Å²) in [6.07, 6.45) is 0.784. The van der Waals surface area contributed by atoms with E-state index < -0.39 is 0 Å². The molecule has 0 spiro atoms. The zero-order chi connectivity index (χ0) is 12.5. The van der Waals surface area contributed by atoms with Gasteiger partial charge in [0, 0.05) is 25.2 Å². The van der Waals surface area contributed by atoms with Crippen molar-refractivity contribution >= 4 is 17.7 Å². The van der Waals surface area contributed by atoms with Crippen molar-refractivity contribution in [2.75, 3.05) is 26.0 Å². The fourth-order valence-corrected chi connectivity index (χ4v) is 1.97. The first-order valence-corrected chi connectivity index (χ1v) is 6.35. The summed E-state index contributed by atoms with van der Waals surface area (Å²) >= 11 is 1.20. The number of halogens is 1. The molecule has 0 saturated carbocycles. The van der Waals surface area contributed by atoms with Gasteiger partial charge in [-0.15, -0.1) is 11.8 Å². The molecule has 0 radical (unpaired) electrons. The van der Waals surface area contributed by atoms with Gasteiger partial charge >= 0.3 is 0 Å². The Bertz CT molecular complexity index is 360. The maximum Gasteiger partial charge on any atom is 0.230 e. The van der Waals surface area contributed by atoms with Crippen molar-refractivity contribution < 1.29 is 13.9 Å². The number of amides is 1. The van der Waals surface area contributed by atoms with Crippen molar-refractivity contribution in [3.63, 3.8) is 0 Å². The lowest BCUT2D eigenvalue weighted by molar-refractivity contribution is -0.118. The molecule has 0 atom stereocenters. The van der Waals surface area contributed by atoms with Crippen LogP contribution in [-0.4, -0.2) is 31.9 Å². The molecule has 3 nitrogen and oxygen atoms in total. The van der Waals surface area contributed by atoms with Gasteiger partial charge in [-0.2, -0.15) is 0 Å². The van der Waals surface area contributed by atoms with E-state index in [-0.39, 0.29) is 17.5 Å². The van der Waals surface area contributed by atoms with E-state index >= 15 is 0 Å². The molecule has 1 aromatic rings. The number of hydrogen-bond acceptors (Lipinski definition) is 3. The van der Waals surface area contributed by atoms with E-state index in [4.69, 9.17) is 4.74 Å². The van der Waals surface area contributed by atoms with Gasteiger partial charge < -0.3 is 10.1 Å². The summed E-state index contributed by atoms with van der Waals surface area (Å²) in [7, 11) is 1.62. The van der Waals surface area contributed by atoms with Crippen LogP contribution in [0.5, 0.6) is 0 Å². The van der Waals surface area contributed by atoms with Gasteiger partial charge in [-0.25, -0.2) is 4.39 Å². The SMILES string of the molecule is COCCCNC(=O)CSc1ccccc1F. The minimum atomic E-state index is -0.287. The zero-order valence-electron chi connectivity index (χ0n) is 9.74. The van der Waals surface area contributed by atoms with E-state index in [1.165, 1.54) is 17.8 Å². The average Bonchev–Trinajstić information content (AvgIpc) is 2.34. The highest BCUT2D eigenvalue weighted by molar-refractivity contribution is 8.00. The molecule has 0 aromatic heterocycles. The third-order valence-corrected chi connectivity index (χ3v) is 3.09. The second kappa shape index (κ2) is 8.08. The van der Waals surface area contributed by atoms with Crippen molar-refractivity contribution in [1.29, 1.82) is 0 Å². The van der Waals surface area contributed by atoms with Crippen molar-refractivity contribution in [3.05, 3.63) is 30.1 Å². The van der Waals surface area contributed by atoms with Gasteiger partial charge in [0.25, 0.3) is 0 Å². The van der Waals surface area contributed by atoms with Gasteiger partial charge in [-0.3, -0.25) is 4.79 Å². The second-order valence-electron chi connectivity index (χ2n) is 3.42. The van der Waals surface area contributed by atoms with E-state index in [1.54, 1.807) is 25.3 Å². The highest BCUT2D eigenvalue weighted by Gasteiger charge is 2.05. The number of methoxy groups -OCH3 is 1. The van der Waals surface area contributed by atoms with Crippen LogP contribution in [0.25, 0.3) is 0 Å². The Kier molecular flexibility index (Phi) is 6.65. The number of benzene rings is 1. The lowest BCUT2D eigenvalue weighted by atomic mass is 10.3. The molecule has 0 unspecified atom stereocenters. The maximum absolute atomic E-state index is 13.2. The van der Waals surface area contributed by atoms with Crippen LogP contribution >= 0.6 is 11.8 Å². The van der Waals surface area contributed by atoms with Crippen molar-refractivity contribution in [2.24, 2.45) is 0 Å². The van der Waals surface area contributed by atoms with Crippen LogP contribution in [0.2, 0.25) is 0 Å². The van der Waals surface area contributed by atoms with Crippen LogP contribution in [0.15, 0.2) is 29.2 Å². The number of carbonyl (C=O) groups is 1. The van der Waals surface area contributed by atoms with Gasteiger partial charge in [0.2, 0.25) is 5.91 Å². The summed E-state index contributed by atoms with van der Waals surface area (Å²) < 4.78 is 18.1. The maximum atomic E-state index is 13.2. The summed E-state index contributed by atoms with van der Waals surface area (Å²) in [5.74, 6) is -0.146. The number of nitrogens with one attached hydrogen (secondary N) is 1. The lowest BCUT2D eigenvalue weighted by Gasteiger charge is -2.05. The Morgan fingerprint density at radius 3 is 2.94 bits per heavy atom. The predicted molar refractivity (Wildman–Crippen MR) is 66.6 cm³/mol. The number of thioether (sulfide) groups is 1. The molecule has 0 aliphatic rings. The summed E-state index contributed by atoms with van der Waals surface area (Å²) in [6.45, 7) is 1.21. The number of ether oxygens (including phenoxy) is 1. The smallest absolute Gasteiger partial charge is 0.230 e. The molecular weight excluding hydrogens is 241 g/mol. The zero-order valence-corrected chi connectivity index (χ0v) is 10.6. The monoisotopic (exact) mass is 257 g/mol. The average molecular weight is 257 g/mol. The van der Waals surface area contributed by atoms with Crippen LogP contribution < -0.4 is 5.32 Å². The Balaban J connectivity index is 2.22. The van der Waals surface area contributed by atoms with Crippen LogP contribution in [0.4, 0.5) is 4.39 Å². The third-order valence-electron chi connectivity index (χ3n) is 2.04. The number of hydrogen-bond donors (Lipinski definition) is 1. The van der Waals surface area contributed by atoms with Crippen LogP contribution in [0.3, 0.4) is 0 Å². The molecular formula is C12H16FNO2S. The Labute approximate surface area is 105 Å². The quantitative estimate of drug-likeness (QED) is 0.600. The highest BCUT2D eigenvalue weighted by atomic mass is 32.2. The molecule has 0 saturated heterocycles. The first-order valence-electron chi connectivity index (χ1n) is 5.37. The molecule has 0 heterocycles.